The number of H-pyrrole nitrogens is 1. The van der Waals surface area contributed by atoms with Gasteiger partial charge in [-0.05, 0) is 44.6 Å². The molecule has 1 atom stereocenters. The van der Waals surface area contributed by atoms with Gasteiger partial charge in [0.05, 0.1) is 0 Å². The third kappa shape index (κ3) is 3.97. The molecular weight excluding hydrogens is 306 g/mol. The van der Waals surface area contributed by atoms with Crippen LogP contribution >= 0.6 is 0 Å². The summed E-state index contributed by atoms with van der Waals surface area (Å²) in [5.74, 6) is -0.354. The van der Waals surface area contributed by atoms with Gasteiger partial charge in [0.15, 0.2) is 0 Å². The Hall–Kier alpha value is -1.85. The number of carboxylic acids is 1. The molecule has 1 unspecified atom stereocenters. The molecule has 1 saturated carbocycles. The van der Waals surface area contributed by atoms with Gasteiger partial charge >= 0.3 is 5.97 Å². The second-order valence-corrected chi connectivity index (χ2v) is 7.12. The van der Waals surface area contributed by atoms with Gasteiger partial charge in [0.2, 0.25) is 0 Å². The Morgan fingerprint density at radius 1 is 1.17 bits per heavy atom. The van der Waals surface area contributed by atoms with Crippen LogP contribution < -0.4 is 0 Å². The first-order valence-electron chi connectivity index (χ1n) is 9.23. The number of hydrogen-bond acceptors (Lipinski definition) is 3. The molecule has 2 N–H and O–H groups in total. The zero-order valence-electron chi connectivity index (χ0n) is 14.2. The molecule has 1 saturated heterocycles. The number of carbonyl (C=O) groups excluding carboxylic acids is 1. The molecule has 0 spiro atoms. The van der Waals surface area contributed by atoms with Crippen LogP contribution in [0.3, 0.4) is 0 Å². The summed E-state index contributed by atoms with van der Waals surface area (Å²) in [5, 5.41) is 16.2. The van der Waals surface area contributed by atoms with Crippen molar-refractivity contribution < 1.29 is 14.7 Å². The number of rotatable bonds is 5. The van der Waals surface area contributed by atoms with Crippen LogP contribution in [0.1, 0.15) is 86.3 Å². The molecule has 0 aromatic carbocycles. The molecule has 1 aromatic heterocycles. The highest BCUT2D eigenvalue weighted by Gasteiger charge is 2.29. The van der Waals surface area contributed by atoms with Crippen molar-refractivity contribution in [1.29, 1.82) is 0 Å². The van der Waals surface area contributed by atoms with Gasteiger partial charge < -0.3 is 10.0 Å². The van der Waals surface area contributed by atoms with E-state index < -0.39 is 5.97 Å². The molecule has 1 aliphatic heterocycles. The van der Waals surface area contributed by atoms with Crippen molar-refractivity contribution in [1.82, 2.24) is 15.1 Å². The van der Waals surface area contributed by atoms with Crippen molar-refractivity contribution in [2.24, 2.45) is 0 Å². The first-order valence-corrected chi connectivity index (χ1v) is 9.23. The van der Waals surface area contributed by atoms with E-state index >= 15 is 0 Å². The standard InChI is InChI=1S/C18H27N3O3/c22-17(23)10-9-14-8-4-5-11-21(14)18(24)16-12-15(19-20-16)13-6-2-1-3-7-13/h12-14H,1-11H2,(H,19,20)(H,22,23). The molecule has 1 amide bonds. The van der Waals surface area contributed by atoms with Gasteiger partial charge in [-0.1, -0.05) is 19.3 Å². The van der Waals surface area contributed by atoms with Crippen LogP contribution in [0.2, 0.25) is 0 Å². The maximum Gasteiger partial charge on any atom is 0.303 e. The number of aromatic nitrogens is 2. The van der Waals surface area contributed by atoms with Crippen LogP contribution in [0.4, 0.5) is 0 Å². The zero-order chi connectivity index (χ0) is 16.9. The Morgan fingerprint density at radius 2 is 1.92 bits per heavy atom. The number of nitrogens with one attached hydrogen (secondary N) is 1. The maximum absolute atomic E-state index is 12.8. The lowest BCUT2D eigenvalue weighted by Crippen LogP contribution is -2.44. The van der Waals surface area contributed by atoms with E-state index in [-0.39, 0.29) is 18.4 Å². The number of amides is 1. The normalized spacial score (nSPS) is 22.5. The van der Waals surface area contributed by atoms with Crippen molar-refractivity contribution in [3.63, 3.8) is 0 Å². The fourth-order valence-electron chi connectivity index (χ4n) is 4.07. The molecule has 1 aliphatic carbocycles. The van der Waals surface area contributed by atoms with Gasteiger partial charge in [0, 0.05) is 30.6 Å². The predicted octanol–water partition coefficient (Wildman–Crippen LogP) is 3.32. The summed E-state index contributed by atoms with van der Waals surface area (Å²) < 4.78 is 0. The van der Waals surface area contributed by atoms with Crippen molar-refractivity contribution in [3.05, 3.63) is 17.5 Å². The van der Waals surface area contributed by atoms with E-state index in [0.717, 1.165) is 25.0 Å². The van der Waals surface area contributed by atoms with E-state index in [1.165, 1.54) is 32.1 Å². The first-order chi connectivity index (χ1) is 11.6. The Kier molecular flexibility index (Phi) is 5.53. The number of aromatic amines is 1. The highest BCUT2D eigenvalue weighted by atomic mass is 16.4. The summed E-state index contributed by atoms with van der Waals surface area (Å²) in [7, 11) is 0. The van der Waals surface area contributed by atoms with Crippen LogP contribution in [0, 0.1) is 0 Å². The lowest BCUT2D eigenvalue weighted by Gasteiger charge is -2.35. The van der Waals surface area contributed by atoms with E-state index in [9.17, 15) is 9.59 Å². The molecule has 24 heavy (non-hydrogen) atoms. The van der Waals surface area contributed by atoms with E-state index in [1.54, 1.807) is 0 Å². The number of carboxylic acid groups (broad SMARTS) is 1. The highest BCUT2D eigenvalue weighted by Crippen LogP contribution is 2.32. The van der Waals surface area contributed by atoms with E-state index in [2.05, 4.69) is 10.2 Å². The maximum atomic E-state index is 12.8. The largest absolute Gasteiger partial charge is 0.481 e. The Morgan fingerprint density at radius 3 is 2.67 bits per heavy atom. The molecule has 2 heterocycles. The van der Waals surface area contributed by atoms with Crippen molar-refractivity contribution >= 4 is 11.9 Å². The van der Waals surface area contributed by atoms with Crippen molar-refractivity contribution in [2.75, 3.05) is 6.54 Å². The third-order valence-electron chi connectivity index (χ3n) is 5.44. The van der Waals surface area contributed by atoms with Crippen LogP contribution in [0.15, 0.2) is 6.07 Å². The number of likely N-dealkylation sites (tertiary alicyclic amines) is 1. The first kappa shape index (κ1) is 17.0. The molecular formula is C18H27N3O3. The van der Waals surface area contributed by atoms with Crippen LogP contribution in [-0.4, -0.2) is 44.7 Å². The number of hydrogen-bond donors (Lipinski definition) is 2. The van der Waals surface area contributed by atoms with Crippen molar-refractivity contribution in [3.8, 4) is 0 Å². The van der Waals surface area contributed by atoms with Gasteiger partial charge in [-0.3, -0.25) is 14.7 Å². The topological polar surface area (TPSA) is 86.3 Å². The molecule has 3 rings (SSSR count). The molecule has 1 aromatic rings. The molecule has 6 nitrogen and oxygen atoms in total. The van der Waals surface area contributed by atoms with Gasteiger partial charge in [0.1, 0.15) is 5.69 Å². The molecule has 132 valence electrons. The summed E-state index contributed by atoms with van der Waals surface area (Å²) in [5.41, 5.74) is 1.56. The van der Waals surface area contributed by atoms with Gasteiger partial charge in [0.25, 0.3) is 5.91 Å². The second-order valence-electron chi connectivity index (χ2n) is 7.12. The lowest BCUT2D eigenvalue weighted by atomic mass is 9.87. The minimum Gasteiger partial charge on any atom is -0.481 e. The lowest BCUT2D eigenvalue weighted by molar-refractivity contribution is -0.137. The van der Waals surface area contributed by atoms with Gasteiger partial charge in [-0.25, -0.2) is 0 Å². The number of aliphatic carboxylic acids is 1. The van der Waals surface area contributed by atoms with Crippen LogP contribution in [0.5, 0.6) is 0 Å². The smallest absolute Gasteiger partial charge is 0.303 e. The number of carbonyl (C=O) groups is 2. The SMILES string of the molecule is O=C(O)CCC1CCCCN1C(=O)c1cc(C2CCCCC2)[nH]n1. The number of nitrogens with zero attached hydrogens (tertiary/aromatic N) is 2. The Bertz CT molecular complexity index is 578. The fourth-order valence-corrected chi connectivity index (χ4v) is 4.07. The predicted molar refractivity (Wildman–Crippen MR) is 90.0 cm³/mol. The summed E-state index contributed by atoms with van der Waals surface area (Å²) in [6, 6.07) is 1.94. The molecule has 0 radical (unpaired) electrons. The summed E-state index contributed by atoms with van der Waals surface area (Å²) in [6.07, 6.45) is 9.70. The van der Waals surface area contributed by atoms with E-state index in [4.69, 9.17) is 5.11 Å². The van der Waals surface area contributed by atoms with E-state index in [1.807, 2.05) is 11.0 Å². The fraction of sp³-hybridized carbons (Fsp3) is 0.722. The minimum absolute atomic E-state index is 0.0252. The highest BCUT2D eigenvalue weighted by molar-refractivity contribution is 5.92. The van der Waals surface area contributed by atoms with Crippen molar-refractivity contribution in [2.45, 2.75) is 76.2 Å². The molecule has 0 bridgehead atoms. The summed E-state index contributed by atoms with van der Waals surface area (Å²) in [4.78, 5) is 25.5. The average molecular weight is 333 g/mol. The molecule has 2 aliphatic rings. The zero-order valence-corrected chi connectivity index (χ0v) is 14.2. The molecule has 2 fully saturated rings. The third-order valence-corrected chi connectivity index (χ3v) is 5.44. The quantitative estimate of drug-likeness (QED) is 0.865. The monoisotopic (exact) mass is 333 g/mol. The summed E-state index contributed by atoms with van der Waals surface area (Å²) in [6.45, 7) is 0.703. The van der Waals surface area contributed by atoms with Crippen LogP contribution in [-0.2, 0) is 4.79 Å². The van der Waals surface area contributed by atoms with E-state index in [0.29, 0.717) is 24.6 Å². The average Bonchev–Trinajstić information content (AvgIpc) is 3.10. The minimum atomic E-state index is -0.799. The Balaban J connectivity index is 1.67. The second kappa shape index (κ2) is 7.81. The van der Waals surface area contributed by atoms with Gasteiger partial charge in [-0.15, -0.1) is 0 Å². The molecule has 6 heteroatoms. The number of piperidine rings is 1. The van der Waals surface area contributed by atoms with Crippen LogP contribution in [0.25, 0.3) is 0 Å². The Labute approximate surface area is 142 Å². The van der Waals surface area contributed by atoms with Gasteiger partial charge in [-0.2, -0.15) is 5.10 Å². The summed E-state index contributed by atoms with van der Waals surface area (Å²) >= 11 is 0.